The molecule has 17 heavy (non-hydrogen) atoms. The second-order valence-corrected chi connectivity index (χ2v) is 5.94. The van der Waals surface area contributed by atoms with Crippen LogP contribution >= 0.6 is 11.8 Å². The fourth-order valence-corrected chi connectivity index (χ4v) is 2.56. The first-order valence-corrected chi connectivity index (χ1v) is 6.83. The molecule has 0 unspecified atom stereocenters. The normalized spacial score (nSPS) is 11.2. The number of benzene rings is 1. The predicted octanol–water partition coefficient (Wildman–Crippen LogP) is 3.44. The van der Waals surface area contributed by atoms with Gasteiger partial charge in [0.1, 0.15) is 0 Å². The first-order chi connectivity index (χ1) is 8.07. The molecule has 0 amide bonds. The fraction of sp³-hybridized carbons (Fsp3) is 0.500. The monoisotopic (exact) mass is 248 g/mol. The molecular formula is C14H20N2S. The van der Waals surface area contributed by atoms with Crippen LogP contribution < -0.4 is 5.32 Å². The lowest BCUT2D eigenvalue weighted by Gasteiger charge is -2.14. The van der Waals surface area contributed by atoms with Crippen LogP contribution in [0.1, 0.15) is 25.8 Å². The predicted molar refractivity (Wildman–Crippen MR) is 73.9 cm³/mol. The third-order valence-electron chi connectivity index (χ3n) is 2.60. The standard InChI is InChI=1S/C14H20N2S/c1-14(2,11-15)8-9-17-13-6-4-12(5-7-13)10-16-3/h4-7,16H,8-10H2,1-3H3. The van der Waals surface area contributed by atoms with Gasteiger partial charge in [-0.15, -0.1) is 11.8 Å². The third-order valence-corrected chi connectivity index (χ3v) is 3.62. The SMILES string of the molecule is CNCc1ccc(SCCC(C)(C)C#N)cc1. The number of hydrogen-bond acceptors (Lipinski definition) is 3. The van der Waals surface area contributed by atoms with Crippen molar-refractivity contribution in [1.82, 2.24) is 5.32 Å². The summed E-state index contributed by atoms with van der Waals surface area (Å²) in [5, 5.41) is 12.1. The van der Waals surface area contributed by atoms with Crippen LogP contribution in [0, 0.1) is 16.7 Å². The molecule has 1 N–H and O–H groups in total. The molecule has 0 fully saturated rings. The molecular weight excluding hydrogens is 228 g/mol. The molecule has 0 aliphatic carbocycles. The van der Waals surface area contributed by atoms with Crippen LogP contribution in [0.2, 0.25) is 0 Å². The van der Waals surface area contributed by atoms with E-state index in [-0.39, 0.29) is 5.41 Å². The Balaban J connectivity index is 2.40. The average Bonchev–Trinajstić information content (AvgIpc) is 2.32. The summed E-state index contributed by atoms with van der Waals surface area (Å²) >= 11 is 1.82. The second-order valence-electron chi connectivity index (χ2n) is 4.77. The summed E-state index contributed by atoms with van der Waals surface area (Å²) in [6, 6.07) is 10.9. The van der Waals surface area contributed by atoms with Gasteiger partial charge in [0.25, 0.3) is 0 Å². The third kappa shape index (κ3) is 5.25. The summed E-state index contributed by atoms with van der Waals surface area (Å²) in [5.74, 6) is 0.992. The topological polar surface area (TPSA) is 35.8 Å². The van der Waals surface area contributed by atoms with Crippen molar-refractivity contribution in [3.8, 4) is 6.07 Å². The Morgan fingerprint density at radius 3 is 2.47 bits per heavy atom. The Bertz CT molecular complexity index is 376. The van der Waals surface area contributed by atoms with Gasteiger partial charge in [-0.05, 0) is 50.8 Å². The minimum absolute atomic E-state index is 0.209. The smallest absolute Gasteiger partial charge is 0.0684 e. The maximum atomic E-state index is 8.92. The minimum atomic E-state index is -0.209. The molecule has 92 valence electrons. The molecule has 0 heterocycles. The van der Waals surface area contributed by atoms with Gasteiger partial charge in [-0.25, -0.2) is 0 Å². The maximum absolute atomic E-state index is 8.92. The van der Waals surface area contributed by atoms with Gasteiger partial charge in [-0.2, -0.15) is 5.26 Å². The van der Waals surface area contributed by atoms with E-state index in [1.165, 1.54) is 10.5 Å². The molecule has 0 saturated heterocycles. The van der Waals surface area contributed by atoms with Crippen LogP contribution in [-0.2, 0) is 6.54 Å². The number of nitriles is 1. The zero-order valence-electron chi connectivity index (χ0n) is 10.8. The Kier molecular flexibility index (Phi) is 5.54. The van der Waals surface area contributed by atoms with E-state index in [0.717, 1.165) is 18.7 Å². The van der Waals surface area contributed by atoms with Gasteiger partial charge >= 0.3 is 0 Å². The van der Waals surface area contributed by atoms with E-state index in [9.17, 15) is 0 Å². The Hall–Kier alpha value is -0.980. The average molecular weight is 248 g/mol. The van der Waals surface area contributed by atoms with Crippen molar-refractivity contribution in [3.63, 3.8) is 0 Å². The van der Waals surface area contributed by atoms with Crippen LogP contribution in [0.5, 0.6) is 0 Å². The van der Waals surface area contributed by atoms with Crippen molar-refractivity contribution in [2.75, 3.05) is 12.8 Å². The van der Waals surface area contributed by atoms with Gasteiger partial charge < -0.3 is 5.32 Å². The molecule has 1 aromatic carbocycles. The van der Waals surface area contributed by atoms with Crippen molar-refractivity contribution in [3.05, 3.63) is 29.8 Å². The second kappa shape index (κ2) is 6.68. The van der Waals surface area contributed by atoms with Crippen LogP contribution in [0.15, 0.2) is 29.2 Å². The lowest BCUT2D eigenvalue weighted by atomic mass is 9.93. The zero-order valence-corrected chi connectivity index (χ0v) is 11.6. The molecule has 0 saturated carbocycles. The van der Waals surface area contributed by atoms with Crippen LogP contribution in [0.4, 0.5) is 0 Å². The van der Waals surface area contributed by atoms with Gasteiger partial charge in [-0.1, -0.05) is 12.1 Å². The van der Waals surface area contributed by atoms with Crippen molar-refractivity contribution < 1.29 is 0 Å². The summed E-state index contributed by atoms with van der Waals surface area (Å²) in [5.41, 5.74) is 1.09. The van der Waals surface area contributed by atoms with Gasteiger partial charge in [0.2, 0.25) is 0 Å². The highest BCUT2D eigenvalue weighted by atomic mass is 32.2. The molecule has 0 aliphatic heterocycles. The van der Waals surface area contributed by atoms with Gasteiger partial charge in [0.05, 0.1) is 11.5 Å². The fourth-order valence-electron chi connectivity index (χ4n) is 1.39. The lowest BCUT2D eigenvalue weighted by molar-refractivity contribution is 0.482. The van der Waals surface area contributed by atoms with Crippen LogP contribution in [0.25, 0.3) is 0 Å². The highest BCUT2D eigenvalue weighted by Crippen LogP contribution is 2.25. The molecule has 0 bridgehead atoms. The summed E-state index contributed by atoms with van der Waals surface area (Å²) in [6.07, 6.45) is 0.923. The van der Waals surface area contributed by atoms with E-state index in [0.29, 0.717) is 0 Å². The lowest BCUT2D eigenvalue weighted by Crippen LogP contribution is -2.08. The maximum Gasteiger partial charge on any atom is 0.0684 e. The molecule has 0 aliphatic rings. The highest BCUT2D eigenvalue weighted by Gasteiger charge is 2.15. The number of rotatable bonds is 6. The molecule has 0 radical (unpaired) electrons. The Morgan fingerprint density at radius 1 is 1.29 bits per heavy atom. The number of thioether (sulfide) groups is 1. The first kappa shape index (κ1) is 14.1. The Labute approximate surface area is 108 Å². The highest BCUT2D eigenvalue weighted by molar-refractivity contribution is 7.99. The van der Waals surface area contributed by atoms with Gasteiger partial charge in [-0.3, -0.25) is 0 Å². The van der Waals surface area contributed by atoms with Crippen LogP contribution in [0.3, 0.4) is 0 Å². The van der Waals surface area contributed by atoms with E-state index in [4.69, 9.17) is 5.26 Å². The van der Waals surface area contributed by atoms with E-state index in [1.807, 2.05) is 32.7 Å². The van der Waals surface area contributed by atoms with Crippen molar-refractivity contribution in [1.29, 1.82) is 5.26 Å². The summed E-state index contributed by atoms with van der Waals surface area (Å²) in [4.78, 5) is 1.28. The van der Waals surface area contributed by atoms with E-state index < -0.39 is 0 Å². The summed E-state index contributed by atoms with van der Waals surface area (Å²) < 4.78 is 0. The van der Waals surface area contributed by atoms with E-state index in [2.05, 4.69) is 35.7 Å². The Morgan fingerprint density at radius 2 is 1.94 bits per heavy atom. The molecule has 2 nitrogen and oxygen atoms in total. The van der Waals surface area contributed by atoms with Gasteiger partial charge in [0.15, 0.2) is 0 Å². The molecule has 3 heteroatoms. The van der Waals surface area contributed by atoms with Gasteiger partial charge in [0, 0.05) is 11.4 Å². The molecule has 1 aromatic rings. The number of nitrogens with zero attached hydrogens (tertiary/aromatic N) is 1. The summed E-state index contributed by atoms with van der Waals surface area (Å²) in [7, 11) is 1.95. The van der Waals surface area contributed by atoms with Crippen LogP contribution in [-0.4, -0.2) is 12.8 Å². The number of hydrogen-bond donors (Lipinski definition) is 1. The van der Waals surface area contributed by atoms with Crippen molar-refractivity contribution in [2.45, 2.75) is 31.7 Å². The minimum Gasteiger partial charge on any atom is -0.316 e. The summed E-state index contributed by atoms with van der Waals surface area (Å²) in [6.45, 7) is 4.89. The number of nitrogens with one attached hydrogen (secondary N) is 1. The van der Waals surface area contributed by atoms with E-state index >= 15 is 0 Å². The molecule has 0 spiro atoms. The molecule has 0 aromatic heterocycles. The first-order valence-electron chi connectivity index (χ1n) is 5.85. The van der Waals surface area contributed by atoms with Crippen molar-refractivity contribution >= 4 is 11.8 Å². The molecule has 1 rings (SSSR count). The van der Waals surface area contributed by atoms with Crippen molar-refractivity contribution in [2.24, 2.45) is 5.41 Å². The quantitative estimate of drug-likeness (QED) is 0.783. The zero-order chi connectivity index (χ0) is 12.7. The van der Waals surface area contributed by atoms with E-state index in [1.54, 1.807) is 0 Å². The molecule has 0 atom stereocenters. The largest absolute Gasteiger partial charge is 0.316 e.